The molecule has 0 aliphatic heterocycles. The van der Waals surface area contributed by atoms with Crippen molar-refractivity contribution in [3.05, 3.63) is 40.2 Å². The van der Waals surface area contributed by atoms with Crippen LogP contribution in [0.4, 0.5) is 11.6 Å². The Bertz CT molecular complexity index is 618. The van der Waals surface area contributed by atoms with Crippen molar-refractivity contribution in [3.8, 4) is 5.75 Å². The van der Waals surface area contributed by atoms with Crippen LogP contribution in [0, 0.1) is 4.77 Å². The van der Waals surface area contributed by atoms with Gasteiger partial charge in [0.05, 0.1) is 6.61 Å². The van der Waals surface area contributed by atoms with Gasteiger partial charge in [0.15, 0.2) is 4.77 Å². The second kappa shape index (κ2) is 8.11. The Morgan fingerprint density at radius 2 is 2.00 bits per heavy atom. The molecule has 2 rings (SSSR count). The van der Waals surface area contributed by atoms with E-state index in [1.54, 1.807) is 0 Å². The van der Waals surface area contributed by atoms with E-state index in [1.165, 1.54) is 0 Å². The molecular formula is C13H16KN4OS+. The average molecular weight is 315 g/mol. The van der Waals surface area contributed by atoms with Gasteiger partial charge in [0.25, 0.3) is 0 Å². The summed E-state index contributed by atoms with van der Waals surface area (Å²) in [6.07, 6.45) is 0.549. The van der Waals surface area contributed by atoms with Crippen LogP contribution >= 0.6 is 12.2 Å². The predicted molar refractivity (Wildman–Crippen MR) is 78.7 cm³/mol. The van der Waals surface area contributed by atoms with Crippen LogP contribution in [0.1, 0.15) is 18.1 Å². The summed E-state index contributed by atoms with van der Waals surface area (Å²) in [5.74, 6) is 1.63. The normalized spacial score (nSPS) is 9.85. The van der Waals surface area contributed by atoms with Crippen LogP contribution in [0.5, 0.6) is 5.75 Å². The number of nitrogens with two attached hydrogens (primary N) is 2. The average Bonchev–Trinajstić information content (AvgIpc) is 2.36. The number of aromatic amines is 1. The molecule has 0 fully saturated rings. The first-order chi connectivity index (χ1) is 9.11. The van der Waals surface area contributed by atoms with Gasteiger partial charge >= 0.3 is 51.4 Å². The van der Waals surface area contributed by atoms with Crippen LogP contribution in [0.25, 0.3) is 0 Å². The van der Waals surface area contributed by atoms with Gasteiger partial charge in [0, 0.05) is 12.0 Å². The maximum absolute atomic E-state index is 5.91. The number of ether oxygens (including phenoxy) is 1. The smallest absolute Gasteiger partial charge is 0.494 e. The van der Waals surface area contributed by atoms with Crippen LogP contribution in [-0.4, -0.2) is 16.6 Å². The topological polar surface area (TPSA) is 90.0 Å². The van der Waals surface area contributed by atoms with E-state index in [1.807, 2.05) is 31.2 Å². The van der Waals surface area contributed by atoms with Gasteiger partial charge in [-0.1, -0.05) is 18.2 Å². The number of anilines is 2. The number of nitrogens with one attached hydrogen (secondary N) is 1. The molecule has 0 amide bonds. The number of aromatic nitrogens is 2. The maximum atomic E-state index is 5.91. The first kappa shape index (κ1) is 17.6. The Kier molecular flexibility index (Phi) is 7.14. The molecule has 0 saturated carbocycles. The summed E-state index contributed by atoms with van der Waals surface area (Å²) >= 11 is 4.93. The molecule has 1 aromatic heterocycles. The minimum atomic E-state index is 0. The van der Waals surface area contributed by atoms with Gasteiger partial charge in [-0.2, -0.15) is 0 Å². The fourth-order valence-electron chi connectivity index (χ4n) is 1.86. The van der Waals surface area contributed by atoms with Gasteiger partial charge in [-0.3, -0.25) is 0 Å². The third-order valence-electron chi connectivity index (χ3n) is 2.74. The van der Waals surface area contributed by atoms with Crippen LogP contribution in [0.15, 0.2) is 24.3 Å². The summed E-state index contributed by atoms with van der Waals surface area (Å²) in [4.78, 5) is 6.83. The molecule has 7 heteroatoms. The van der Waals surface area contributed by atoms with Crippen LogP contribution < -0.4 is 67.6 Å². The number of hydrogen-bond donors (Lipinski definition) is 3. The molecule has 100 valence electrons. The van der Waals surface area contributed by atoms with Gasteiger partial charge in [-0.25, -0.2) is 4.98 Å². The molecule has 0 atom stereocenters. The van der Waals surface area contributed by atoms with Gasteiger partial charge in [-0.15, -0.1) is 0 Å². The van der Waals surface area contributed by atoms with Crippen LogP contribution in [0.2, 0.25) is 0 Å². The summed E-state index contributed by atoms with van der Waals surface area (Å²) in [6.45, 7) is 2.55. The Morgan fingerprint density at radius 1 is 1.30 bits per heavy atom. The van der Waals surface area contributed by atoms with Gasteiger partial charge in [0.2, 0.25) is 0 Å². The molecule has 0 unspecified atom stereocenters. The molecule has 1 heterocycles. The second-order valence-corrected chi connectivity index (χ2v) is 4.42. The molecule has 20 heavy (non-hydrogen) atoms. The molecule has 5 N–H and O–H groups in total. The zero-order valence-corrected chi connectivity index (χ0v) is 15.6. The number of rotatable bonds is 4. The Hall–Kier alpha value is -0.444. The summed E-state index contributed by atoms with van der Waals surface area (Å²) in [6, 6.07) is 7.77. The minimum absolute atomic E-state index is 0. The molecule has 0 radical (unpaired) electrons. The molecule has 0 bridgehead atoms. The molecule has 0 saturated heterocycles. The first-order valence-electron chi connectivity index (χ1n) is 5.96. The van der Waals surface area contributed by atoms with Crippen molar-refractivity contribution >= 4 is 23.9 Å². The van der Waals surface area contributed by atoms with Gasteiger partial charge < -0.3 is 21.2 Å². The van der Waals surface area contributed by atoms with E-state index in [2.05, 4.69) is 9.97 Å². The number of hydrogen-bond acceptors (Lipinski definition) is 5. The van der Waals surface area contributed by atoms with Crippen molar-refractivity contribution in [1.29, 1.82) is 0 Å². The van der Waals surface area contributed by atoms with Crippen molar-refractivity contribution in [3.63, 3.8) is 0 Å². The van der Waals surface area contributed by atoms with E-state index < -0.39 is 0 Å². The van der Waals surface area contributed by atoms with Crippen molar-refractivity contribution in [1.82, 2.24) is 9.97 Å². The summed E-state index contributed by atoms with van der Waals surface area (Å²) in [5.41, 5.74) is 13.5. The predicted octanol–water partition coefficient (Wildman–Crippen LogP) is -0.703. The van der Waals surface area contributed by atoms with Gasteiger partial charge in [0.1, 0.15) is 17.4 Å². The minimum Gasteiger partial charge on any atom is -0.494 e. The monoisotopic (exact) mass is 315 g/mol. The van der Waals surface area contributed by atoms with Crippen LogP contribution in [-0.2, 0) is 6.42 Å². The standard InChI is InChI=1S/C13H16N4OS.K/c1-2-18-10-6-4-3-5-8(10)7-9-11(14)16-13(19)17-12(9)15;/h3-6H,2,7H2,1H3,(H5,14,15,16,17,19);/q;+1. The Labute approximate surface area is 165 Å². The third-order valence-corrected chi connectivity index (χ3v) is 2.93. The molecule has 0 aliphatic carbocycles. The molecule has 5 nitrogen and oxygen atoms in total. The van der Waals surface area contributed by atoms with E-state index in [-0.39, 0.29) is 56.2 Å². The van der Waals surface area contributed by atoms with Crippen molar-refractivity contribution in [2.75, 3.05) is 18.1 Å². The summed E-state index contributed by atoms with van der Waals surface area (Å²) in [5, 5.41) is 0. The van der Waals surface area contributed by atoms with E-state index in [0.29, 0.717) is 24.7 Å². The Balaban J connectivity index is 0.00000200. The number of para-hydroxylation sites is 1. The van der Waals surface area contributed by atoms with E-state index >= 15 is 0 Å². The summed E-state index contributed by atoms with van der Waals surface area (Å²) < 4.78 is 5.87. The van der Waals surface area contributed by atoms with Gasteiger partial charge in [-0.05, 0) is 30.8 Å². The zero-order chi connectivity index (χ0) is 13.8. The number of nitrogen functional groups attached to an aromatic ring is 2. The summed E-state index contributed by atoms with van der Waals surface area (Å²) in [7, 11) is 0. The fraction of sp³-hybridized carbons (Fsp3) is 0.231. The van der Waals surface area contributed by atoms with Crippen molar-refractivity contribution < 1.29 is 56.1 Å². The van der Waals surface area contributed by atoms with E-state index in [4.69, 9.17) is 28.4 Å². The SMILES string of the molecule is CCOc1ccccc1Cc1c(N)nc(=S)[nH]c1N.[K+]. The van der Waals surface area contributed by atoms with Crippen molar-refractivity contribution in [2.45, 2.75) is 13.3 Å². The molecule has 0 spiro atoms. The number of benzene rings is 1. The zero-order valence-electron chi connectivity index (χ0n) is 11.6. The second-order valence-electron chi connectivity index (χ2n) is 4.04. The van der Waals surface area contributed by atoms with Crippen LogP contribution in [0.3, 0.4) is 0 Å². The van der Waals surface area contributed by atoms with E-state index in [9.17, 15) is 0 Å². The number of nitrogens with zero attached hydrogens (tertiary/aromatic N) is 1. The third kappa shape index (κ3) is 4.27. The molecule has 1 aromatic carbocycles. The molecule has 2 aromatic rings. The van der Waals surface area contributed by atoms with Crippen molar-refractivity contribution in [2.24, 2.45) is 0 Å². The Morgan fingerprint density at radius 3 is 2.65 bits per heavy atom. The first-order valence-corrected chi connectivity index (χ1v) is 6.37. The van der Waals surface area contributed by atoms with E-state index in [0.717, 1.165) is 16.9 Å². The largest absolute Gasteiger partial charge is 1.00 e. The molecule has 0 aliphatic rings. The number of H-pyrrole nitrogens is 1. The fourth-order valence-corrected chi connectivity index (χ4v) is 2.06. The molecular weight excluding hydrogens is 299 g/mol. The quantitative estimate of drug-likeness (QED) is 0.513. The maximum Gasteiger partial charge on any atom is 1.00 e.